The minimum atomic E-state index is -0.0363. The summed E-state index contributed by atoms with van der Waals surface area (Å²) in [5.41, 5.74) is 1.26. The Morgan fingerprint density at radius 1 is 0.964 bits per heavy atom. The minimum absolute atomic E-state index is 0.0363. The van der Waals surface area contributed by atoms with Crippen LogP contribution in [0, 0.1) is 0 Å². The van der Waals surface area contributed by atoms with Gasteiger partial charge in [-0.1, -0.05) is 52.6 Å². The summed E-state index contributed by atoms with van der Waals surface area (Å²) in [6.45, 7) is 3.26. The van der Waals surface area contributed by atoms with E-state index in [0.29, 0.717) is 47.0 Å². The Morgan fingerprint density at radius 2 is 1.64 bits per heavy atom. The van der Waals surface area contributed by atoms with E-state index in [0.717, 1.165) is 18.7 Å². The van der Waals surface area contributed by atoms with Crippen LogP contribution in [0.15, 0.2) is 53.1 Å². The Morgan fingerprint density at radius 3 is 2.36 bits per heavy atom. The molecule has 3 aromatic rings. The lowest BCUT2D eigenvalue weighted by Crippen LogP contribution is -2.48. The van der Waals surface area contributed by atoms with Gasteiger partial charge in [0, 0.05) is 26.2 Å². The number of carbonyl (C=O) groups excluding carboxylic acids is 1. The fraction of sp³-hybridized carbons (Fsp3) is 0.250. The van der Waals surface area contributed by atoms with Crippen LogP contribution >= 0.6 is 23.2 Å². The Labute approximate surface area is 172 Å². The molecule has 0 aliphatic carbocycles. The van der Waals surface area contributed by atoms with Crippen molar-refractivity contribution in [3.63, 3.8) is 0 Å². The van der Waals surface area contributed by atoms with Gasteiger partial charge in [-0.3, -0.25) is 9.69 Å². The van der Waals surface area contributed by atoms with Crippen molar-refractivity contribution in [1.29, 1.82) is 0 Å². The summed E-state index contributed by atoms with van der Waals surface area (Å²) >= 11 is 12.3. The molecular weight excluding hydrogens is 399 g/mol. The number of amides is 1. The lowest BCUT2D eigenvalue weighted by Gasteiger charge is -2.34. The molecule has 0 unspecified atom stereocenters. The van der Waals surface area contributed by atoms with Crippen molar-refractivity contribution in [2.24, 2.45) is 0 Å². The summed E-state index contributed by atoms with van der Waals surface area (Å²) in [7, 11) is 0. The van der Waals surface area contributed by atoms with E-state index in [2.05, 4.69) is 15.0 Å². The van der Waals surface area contributed by atoms with Crippen molar-refractivity contribution < 1.29 is 9.32 Å². The van der Waals surface area contributed by atoms with Gasteiger partial charge in [-0.05, 0) is 24.3 Å². The Kier molecular flexibility index (Phi) is 5.62. The summed E-state index contributed by atoms with van der Waals surface area (Å²) in [4.78, 5) is 21.1. The Bertz CT molecular complexity index is 984. The molecule has 1 fully saturated rings. The van der Waals surface area contributed by atoms with Gasteiger partial charge in [0.2, 0.25) is 0 Å². The van der Waals surface area contributed by atoms with Crippen LogP contribution in [0.4, 0.5) is 0 Å². The van der Waals surface area contributed by atoms with Gasteiger partial charge in [-0.15, -0.1) is 0 Å². The highest BCUT2D eigenvalue weighted by Gasteiger charge is 2.24. The molecule has 2 heterocycles. The van der Waals surface area contributed by atoms with Gasteiger partial charge in [0.25, 0.3) is 11.8 Å². The highest BCUT2D eigenvalue weighted by atomic mass is 35.5. The normalized spacial score (nSPS) is 15.0. The molecule has 1 saturated heterocycles. The minimum Gasteiger partial charge on any atom is -0.336 e. The van der Waals surface area contributed by atoms with Crippen LogP contribution in [-0.2, 0) is 6.54 Å². The van der Waals surface area contributed by atoms with E-state index in [-0.39, 0.29) is 5.91 Å². The molecule has 1 aliphatic rings. The van der Waals surface area contributed by atoms with Crippen molar-refractivity contribution in [2.45, 2.75) is 6.54 Å². The van der Waals surface area contributed by atoms with Crippen molar-refractivity contribution in [3.8, 4) is 11.5 Å². The maximum absolute atomic E-state index is 12.6. The third kappa shape index (κ3) is 4.04. The quantitative estimate of drug-likeness (QED) is 0.642. The van der Waals surface area contributed by atoms with Crippen LogP contribution in [0.25, 0.3) is 11.5 Å². The lowest BCUT2D eigenvalue weighted by molar-refractivity contribution is 0.0624. The molecule has 1 amide bonds. The van der Waals surface area contributed by atoms with Gasteiger partial charge in [0.15, 0.2) is 5.82 Å². The second-order valence-corrected chi connectivity index (χ2v) is 7.36. The molecule has 144 valence electrons. The first-order valence-corrected chi connectivity index (χ1v) is 9.71. The summed E-state index contributed by atoms with van der Waals surface area (Å²) in [5, 5.41) is 5.11. The van der Waals surface area contributed by atoms with E-state index in [9.17, 15) is 4.79 Å². The lowest BCUT2D eigenvalue weighted by atomic mass is 10.2. The number of halogens is 2. The van der Waals surface area contributed by atoms with Crippen LogP contribution in [0.1, 0.15) is 16.2 Å². The molecule has 28 heavy (non-hydrogen) atoms. The van der Waals surface area contributed by atoms with Crippen LogP contribution in [-0.4, -0.2) is 52.0 Å². The van der Waals surface area contributed by atoms with E-state index < -0.39 is 0 Å². The van der Waals surface area contributed by atoms with Crippen LogP contribution in [0.3, 0.4) is 0 Å². The molecule has 0 radical (unpaired) electrons. The molecule has 2 aromatic carbocycles. The summed E-state index contributed by atoms with van der Waals surface area (Å²) < 4.78 is 5.35. The number of piperazine rings is 1. The molecule has 0 saturated carbocycles. The SMILES string of the molecule is O=C(c1ccccc1Cl)N1CCN(Cc2noc(-c3ccccc3Cl)n2)CC1. The summed E-state index contributed by atoms with van der Waals surface area (Å²) in [6.07, 6.45) is 0. The van der Waals surface area contributed by atoms with Crippen molar-refractivity contribution in [2.75, 3.05) is 26.2 Å². The largest absolute Gasteiger partial charge is 0.336 e. The van der Waals surface area contributed by atoms with E-state index >= 15 is 0 Å². The van der Waals surface area contributed by atoms with Gasteiger partial charge in [-0.25, -0.2) is 0 Å². The number of benzene rings is 2. The average molecular weight is 417 g/mol. The first-order valence-electron chi connectivity index (χ1n) is 8.95. The van der Waals surface area contributed by atoms with E-state index in [4.69, 9.17) is 27.7 Å². The standard InChI is InChI=1S/C20H18Cl2N4O2/c21-16-7-3-1-5-14(16)19-23-18(24-28-19)13-25-9-11-26(12-10-25)20(27)15-6-2-4-8-17(15)22/h1-8H,9-13H2. The fourth-order valence-corrected chi connectivity index (χ4v) is 3.61. The third-order valence-electron chi connectivity index (χ3n) is 4.70. The van der Waals surface area contributed by atoms with Crippen LogP contribution < -0.4 is 0 Å². The zero-order valence-electron chi connectivity index (χ0n) is 15.0. The van der Waals surface area contributed by atoms with Crippen molar-refractivity contribution in [3.05, 3.63) is 70.0 Å². The zero-order valence-corrected chi connectivity index (χ0v) is 16.5. The first kappa shape index (κ1) is 18.9. The predicted octanol–water partition coefficient (Wildman–Crippen LogP) is 4.00. The number of carbonyl (C=O) groups is 1. The fourth-order valence-electron chi connectivity index (χ4n) is 3.18. The number of hydrogen-bond acceptors (Lipinski definition) is 5. The van der Waals surface area contributed by atoms with Crippen LogP contribution in [0.2, 0.25) is 10.0 Å². The monoisotopic (exact) mass is 416 g/mol. The maximum atomic E-state index is 12.6. The van der Waals surface area contributed by atoms with E-state index in [1.165, 1.54) is 0 Å². The molecule has 6 nitrogen and oxygen atoms in total. The number of nitrogens with zero attached hydrogens (tertiary/aromatic N) is 4. The molecule has 0 bridgehead atoms. The van der Waals surface area contributed by atoms with Crippen LogP contribution in [0.5, 0.6) is 0 Å². The van der Waals surface area contributed by atoms with Gasteiger partial charge in [-0.2, -0.15) is 4.98 Å². The maximum Gasteiger partial charge on any atom is 0.259 e. The molecule has 1 aromatic heterocycles. The van der Waals surface area contributed by atoms with Gasteiger partial charge in [0.05, 0.1) is 27.7 Å². The number of aromatic nitrogens is 2. The van der Waals surface area contributed by atoms with Gasteiger partial charge < -0.3 is 9.42 Å². The summed E-state index contributed by atoms with van der Waals surface area (Å²) in [5.74, 6) is 0.972. The van der Waals surface area contributed by atoms with E-state index in [1.54, 1.807) is 18.2 Å². The van der Waals surface area contributed by atoms with Crippen molar-refractivity contribution in [1.82, 2.24) is 19.9 Å². The average Bonchev–Trinajstić information content (AvgIpc) is 3.17. The Hall–Kier alpha value is -2.41. The summed E-state index contributed by atoms with van der Waals surface area (Å²) in [6, 6.07) is 14.5. The van der Waals surface area contributed by atoms with Gasteiger partial charge >= 0.3 is 0 Å². The molecular formula is C20H18Cl2N4O2. The highest BCUT2D eigenvalue weighted by molar-refractivity contribution is 6.34. The Balaban J connectivity index is 1.36. The second-order valence-electron chi connectivity index (χ2n) is 6.54. The molecule has 0 spiro atoms. The topological polar surface area (TPSA) is 62.5 Å². The molecule has 8 heteroatoms. The smallest absolute Gasteiger partial charge is 0.259 e. The number of rotatable bonds is 4. The zero-order chi connectivity index (χ0) is 19.5. The molecule has 0 atom stereocenters. The molecule has 4 rings (SSSR count). The van der Waals surface area contributed by atoms with E-state index in [1.807, 2.05) is 35.2 Å². The first-order chi connectivity index (χ1) is 13.6. The predicted molar refractivity (Wildman–Crippen MR) is 107 cm³/mol. The van der Waals surface area contributed by atoms with Crippen molar-refractivity contribution >= 4 is 29.1 Å². The number of hydrogen-bond donors (Lipinski definition) is 0. The molecule has 1 aliphatic heterocycles. The highest BCUT2D eigenvalue weighted by Crippen LogP contribution is 2.26. The second kappa shape index (κ2) is 8.31. The third-order valence-corrected chi connectivity index (χ3v) is 5.36. The molecule has 0 N–H and O–H groups in total. The van der Waals surface area contributed by atoms with Gasteiger partial charge in [0.1, 0.15) is 0 Å².